The van der Waals surface area contributed by atoms with Crippen LogP contribution in [0, 0.1) is 5.82 Å². The molecule has 0 amide bonds. The molecule has 0 fully saturated rings. The summed E-state index contributed by atoms with van der Waals surface area (Å²) in [5, 5.41) is 6.72. The first-order chi connectivity index (χ1) is 12.5. The number of aromatic nitrogens is 2. The van der Waals surface area contributed by atoms with E-state index in [0.717, 1.165) is 17.7 Å². The molecule has 1 heterocycles. The molecule has 6 heteroatoms. The van der Waals surface area contributed by atoms with Crippen LogP contribution in [0.3, 0.4) is 0 Å². The van der Waals surface area contributed by atoms with E-state index in [0.29, 0.717) is 16.8 Å². The lowest BCUT2D eigenvalue weighted by atomic mass is 10.1. The summed E-state index contributed by atoms with van der Waals surface area (Å²) in [6.45, 7) is 4.14. The van der Waals surface area contributed by atoms with E-state index < -0.39 is 5.82 Å². The maximum Gasteiger partial charge on any atom is 0.225 e. The average molecular weight is 371 g/mol. The molecule has 1 aromatic heterocycles. The van der Waals surface area contributed by atoms with Gasteiger partial charge in [0.1, 0.15) is 11.6 Å². The van der Waals surface area contributed by atoms with Crippen molar-refractivity contribution in [2.45, 2.75) is 26.3 Å². The van der Waals surface area contributed by atoms with Gasteiger partial charge in [-0.3, -0.25) is 0 Å². The van der Waals surface area contributed by atoms with Gasteiger partial charge in [0.05, 0.1) is 11.4 Å². The van der Waals surface area contributed by atoms with Crippen LogP contribution in [0.25, 0.3) is 11.3 Å². The maximum absolute atomic E-state index is 14.1. The van der Waals surface area contributed by atoms with Crippen LogP contribution in [-0.2, 0) is 0 Å². The average Bonchev–Trinajstić information content (AvgIpc) is 2.65. The largest absolute Gasteiger partial charge is 0.352 e. The Morgan fingerprint density at radius 1 is 1.08 bits per heavy atom. The van der Waals surface area contributed by atoms with Gasteiger partial charge in [-0.25, -0.2) is 9.37 Å². The summed E-state index contributed by atoms with van der Waals surface area (Å²) in [6, 6.07) is 16.2. The van der Waals surface area contributed by atoms with Gasteiger partial charge in [0.25, 0.3) is 0 Å². The van der Waals surface area contributed by atoms with Gasteiger partial charge in [0.2, 0.25) is 5.95 Å². The molecule has 0 aliphatic carbocycles. The summed E-state index contributed by atoms with van der Waals surface area (Å²) in [5.41, 5.74) is 1.97. The van der Waals surface area contributed by atoms with Crippen molar-refractivity contribution >= 4 is 29.1 Å². The Bertz CT molecular complexity index is 886. The number of hydrogen-bond acceptors (Lipinski definition) is 4. The molecule has 0 saturated heterocycles. The Balaban J connectivity index is 2.00. The van der Waals surface area contributed by atoms with Crippen molar-refractivity contribution in [2.24, 2.45) is 0 Å². The molecule has 0 radical (unpaired) electrons. The molecule has 2 aromatic carbocycles. The summed E-state index contributed by atoms with van der Waals surface area (Å²) in [4.78, 5) is 9.06. The Hall–Kier alpha value is -2.66. The van der Waals surface area contributed by atoms with E-state index in [-0.39, 0.29) is 11.7 Å². The van der Waals surface area contributed by atoms with Crippen LogP contribution < -0.4 is 10.6 Å². The highest BCUT2D eigenvalue weighted by molar-refractivity contribution is 6.30. The number of nitrogens with one attached hydrogen (secondary N) is 2. The first kappa shape index (κ1) is 18.1. The molecule has 4 nitrogen and oxygen atoms in total. The first-order valence-corrected chi connectivity index (χ1v) is 8.86. The fourth-order valence-electron chi connectivity index (χ4n) is 2.39. The first-order valence-electron chi connectivity index (χ1n) is 8.48. The molecule has 1 atom stereocenters. The van der Waals surface area contributed by atoms with Gasteiger partial charge in [0.15, 0.2) is 0 Å². The van der Waals surface area contributed by atoms with Crippen molar-refractivity contribution in [3.63, 3.8) is 0 Å². The molecule has 3 rings (SSSR count). The predicted octanol–water partition coefficient (Wildman–Crippen LogP) is 5.89. The number of hydrogen-bond donors (Lipinski definition) is 2. The molecule has 0 saturated carbocycles. The zero-order chi connectivity index (χ0) is 18.5. The molecular formula is C20H20ClFN4. The summed E-state index contributed by atoms with van der Waals surface area (Å²) < 4.78 is 14.1. The van der Waals surface area contributed by atoms with Crippen LogP contribution in [0.2, 0.25) is 5.02 Å². The second-order valence-electron chi connectivity index (χ2n) is 6.03. The number of nitrogens with zero attached hydrogens (tertiary/aromatic N) is 2. The van der Waals surface area contributed by atoms with Crippen molar-refractivity contribution < 1.29 is 4.39 Å². The molecule has 26 heavy (non-hydrogen) atoms. The van der Waals surface area contributed by atoms with E-state index >= 15 is 0 Å². The zero-order valence-electron chi connectivity index (χ0n) is 14.6. The smallest absolute Gasteiger partial charge is 0.225 e. The Morgan fingerprint density at radius 2 is 1.85 bits per heavy atom. The van der Waals surface area contributed by atoms with Crippen molar-refractivity contribution in [2.75, 3.05) is 10.6 Å². The minimum atomic E-state index is -0.397. The van der Waals surface area contributed by atoms with Gasteiger partial charge in [-0.1, -0.05) is 48.9 Å². The highest BCUT2D eigenvalue weighted by Crippen LogP contribution is 2.26. The lowest BCUT2D eigenvalue weighted by Gasteiger charge is -2.15. The lowest BCUT2D eigenvalue weighted by Crippen LogP contribution is -2.16. The van der Waals surface area contributed by atoms with E-state index in [4.69, 9.17) is 11.6 Å². The van der Waals surface area contributed by atoms with E-state index in [1.54, 1.807) is 6.07 Å². The SMILES string of the molecule is CC[C@@H](C)Nc1nc(Nc2cc(Cl)ccc2F)cc(-c2ccccc2)n1. The standard InChI is InChI=1S/C20H20ClFN4/c1-3-13(2)23-20-25-17(14-7-5-4-6-8-14)12-19(26-20)24-18-11-15(21)9-10-16(18)22/h4-13H,3H2,1-2H3,(H2,23,24,25,26)/t13-/m1/s1. The molecule has 0 aliphatic heterocycles. The molecule has 0 aliphatic rings. The van der Waals surface area contributed by atoms with Crippen molar-refractivity contribution in [1.82, 2.24) is 9.97 Å². The van der Waals surface area contributed by atoms with Crippen LogP contribution in [0.1, 0.15) is 20.3 Å². The van der Waals surface area contributed by atoms with Gasteiger partial charge in [-0.15, -0.1) is 0 Å². The van der Waals surface area contributed by atoms with Crippen molar-refractivity contribution in [3.8, 4) is 11.3 Å². The quantitative estimate of drug-likeness (QED) is 0.568. The molecule has 0 bridgehead atoms. The summed E-state index contributed by atoms with van der Waals surface area (Å²) in [7, 11) is 0. The topological polar surface area (TPSA) is 49.8 Å². The van der Waals surface area contributed by atoms with Crippen molar-refractivity contribution in [3.05, 3.63) is 65.4 Å². The van der Waals surface area contributed by atoms with Crippen molar-refractivity contribution in [1.29, 1.82) is 0 Å². The van der Waals surface area contributed by atoms with Crippen LogP contribution in [-0.4, -0.2) is 16.0 Å². The number of halogens is 2. The highest BCUT2D eigenvalue weighted by Gasteiger charge is 2.11. The van der Waals surface area contributed by atoms with E-state index in [9.17, 15) is 4.39 Å². The lowest BCUT2D eigenvalue weighted by molar-refractivity contribution is 0.632. The summed E-state index contributed by atoms with van der Waals surface area (Å²) in [6.07, 6.45) is 0.935. The van der Waals surface area contributed by atoms with E-state index in [2.05, 4.69) is 34.4 Å². The Labute approximate surface area is 157 Å². The predicted molar refractivity (Wildman–Crippen MR) is 106 cm³/mol. The van der Waals surface area contributed by atoms with E-state index in [1.165, 1.54) is 18.2 Å². The third-order valence-electron chi connectivity index (χ3n) is 3.97. The summed E-state index contributed by atoms with van der Waals surface area (Å²) >= 11 is 5.98. The zero-order valence-corrected chi connectivity index (χ0v) is 15.4. The third kappa shape index (κ3) is 4.49. The van der Waals surface area contributed by atoms with Gasteiger partial charge in [0, 0.05) is 22.7 Å². The fourth-order valence-corrected chi connectivity index (χ4v) is 2.56. The Morgan fingerprint density at radius 3 is 2.58 bits per heavy atom. The van der Waals surface area contributed by atoms with Gasteiger partial charge >= 0.3 is 0 Å². The van der Waals surface area contributed by atoms with Crippen LogP contribution in [0.15, 0.2) is 54.6 Å². The normalized spacial score (nSPS) is 11.8. The molecule has 0 spiro atoms. The molecule has 3 aromatic rings. The number of anilines is 3. The molecule has 0 unspecified atom stereocenters. The third-order valence-corrected chi connectivity index (χ3v) is 4.21. The molecule has 134 valence electrons. The van der Waals surface area contributed by atoms with Crippen LogP contribution in [0.4, 0.5) is 21.8 Å². The van der Waals surface area contributed by atoms with E-state index in [1.807, 2.05) is 30.3 Å². The second kappa shape index (κ2) is 8.15. The fraction of sp³-hybridized carbons (Fsp3) is 0.200. The second-order valence-corrected chi connectivity index (χ2v) is 6.47. The van der Waals surface area contributed by atoms with Crippen LogP contribution >= 0.6 is 11.6 Å². The Kier molecular flexibility index (Phi) is 5.68. The monoisotopic (exact) mass is 370 g/mol. The number of benzene rings is 2. The molecule has 2 N–H and O–H groups in total. The highest BCUT2D eigenvalue weighted by atomic mass is 35.5. The van der Waals surface area contributed by atoms with Gasteiger partial charge < -0.3 is 10.6 Å². The van der Waals surface area contributed by atoms with Gasteiger partial charge in [-0.05, 0) is 31.5 Å². The van der Waals surface area contributed by atoms with Crippen LogP contribution in [0.5, 0.6) is 0 Å². The minimum Gasteiger partial charge on any atom is -0.352 e. The summed E-state index contributed by atoms with van der Waals surface area (Å²) in [5.74, 6) is 0.585. The van der Waals surface area contributed by atoms with Gasteiger partial charge in [-0.2, -0.15) is 4.98 Å². The molecular weight excluding hydrogens is 351 g/mol. The maximum atomic E-state index is 14.1. The number of rotatable bonds is 6. The minimum absolute atomic E-state index is 0.219.